The summed E-state index contributed by atoms with van der Waals surface area (Å²) in [7, 11) is -3.57. The lowest BCUT2D eigenvalue weighted by Gasteiger charge is -2.32. The van der Waals surface area contributed by atoms with E-state index in [0.29, 0.717) is 31.6 Å². The molecule has 6 N–H and O–H groups in total. The quantitative estimate of drug-likeness (QED) is 0.129. The third kappa shape index (κ3) is 9.32. The van der Waals surface area contributed by atoms with Crippen molar-refractivity contribution < 1.29 is 33.0 Å². The monoisotopic (exact) mass is 589 g/mol. The highest BCUT2D eigenvalue weighted by Crippen LogP contribution is 2.27. The van der Waals surface area contributed by atoms with Gasteiger partial charge in [-0.05, 0) is 69.0 Å². The fraction of sp³-hybridized carbons (Fsp3) is 0.500. The molecule has 0 saturated carbocycles. The highest BCUT2D eigenvalue weighted by atomic mass is 32.2. The summed E-state index contributed by atoms with van der Waals surface area (Å²) in [5, 5.41) is 30.0. The topological polar surface area (TPSA) is 169 Å². The molecular weight excluding hydrogens is 550 g/mol. The standard InChI is InChI=1S/C28H39N5O7S/c1-41(38,39)32-25-17-22(34)8-9-23(25)26(35)18-29-14-10-19-4-6-20(7-5-19)31-21-11-15-33(16-12-21)28(37)40-27(36)24-3-2-13-30-24/h4-9,17,21,24,26,29-32,34-35H,2-3,10-16,18H2,1H3/t24-,26-/m0/s1. The van der Waals surface area contributed by atoms with Crippen LogP contribution >= 0.6 is 0 Å². The van der Waals surface area contributed by atoms with E-state index >= 15 is 0 Å². The number of benzene rings is 2. The molecule has 2 aliphatic heterocycles. The lowest BCUT2D eigenvalue weighted by Crippen LogP contribution is -2.44. The average Bonchev–Trinajstić information content (AvgIpc) is 3.47. The second-order valence-electron chi connectivity index (χ2n) is 10.6. The van der Waals surface area contributed by atoms with Gasteiger partial charge in [-0.2, -0.15) is 0 Å². The predicted molar refractivity (Wildman–Crippen MR) is 155 cm³/mol. The number of carbonyl (C=O) groups is 2. The Bertz CT molecular complexity index is 1290. The molecule has 2 aromatic rings. The molecule has 0 aliphatic carbocycles. The average molecular weight is 590 g/mol. The number of carbonyl (C=O) groups excluding carboxylic acids is 2. The zero-order valence-electron chi connectivity index (χ0n) is 23.1. The molecule has 0 radical (unpaired) electrons. The van der Waals surface area contributed by atoms with Crippen molar-refractivity contribution in [3.8, 4) is 5.75 Å². The van der Waals surface area contributed by atoms with Crippen LogP contribution in [0.1, 0.15) is 42.9 Å². The summed E-state index contributed by atoms with van der Waals surface area (Å²) in [6.45, 7) is 2.62. The number of hydrogen-bond donors (Lipinski definition) is 6. The lowest BCUT2D eigenvalue weighted by atomic mass is 10.0. The van der Waals surface area contributed by atoms with Gasteiger partial charge < -0.3 is 35.8 Å². The van der Waals surface area contributed by atoms with Crippen LogP contribution in [0.5, 0.6) is 5.75 Å². The van der Waals surface area contributed by atoms with Crippen LogP contribution in [-0.4, -0.2) is 86.7 Å². The number of piperidine rings is 1. The van der Waals surface area contributed by atoms with Crippen LogP contribution in [0.15, 0.2) is 42.5 Å². The van der Waals surface area contributed by atoms with E-state index in [-0.39, 0.29) is 30.1 Å². The second-order valence-corrected chi connectivity index (χ2v) is 12.3. The molecule has 0 aromatic heterocycles. The van der Waals surface area contributed by atoms with E-state index in [1.165, 1.54) is 18.2 Å². The molecule has 2 aliphatic rings. The van der Waals surface area contributed by atoms with Crippen molar-refractivity contribution >= 4 is 33.5 Å². The van der Waals surface area contributed by atoms with E-state index in [9.17, 15) is 28.2 Å². The number of aliphatic hydroxyl groups excluding tert-OH is 1. The first-order valence-corrected chi connectivity index (χ1v) is 15.8. The van der Waals surface area contributed by atoms with Crippen LogP contribution in [0, 0.1) is 0 Å². The van der Waals surface area contributed by atoms with E-state index in [0.717, 1.165) is 49.7 Å². The smallest absolute Gasteiger partial charge is 0.417 e. The summed E-state index contributed by atoms with van der Waals surface area (Å²) >= 11 is 0. The summed E-state index contributed by atoms with van der Waals surface area (Å²) in [6, 6.07) is 12.1. The van der Waals surface area contributed by atoms with E-state index in [4.69, 9.17) is 4.74 Å². The van der Waals surface area contributed by atoms with Crippen LogP contribution in [0.3, 0.4) is 0 Å². The minimum absolute atomic E-state index is 0.103. The summed E-state index contributed by atoms with van der Waals surface area (Å²) in [5.74, 6) is -0.596. The summed E-state index contributed by atoms with van der Waals surface area (Å²) < 4.78 is 30.6. The van der Waals surface area contributed by atoms with Crippen molar-refractivity contribution in [1.29, 1.82) is 0 Å². The molecule has 0 bridgehead atoms. The summed E-state index contributed by atoms with van der Waals surface area (Å²) in [4.78, 5) is 26.0. The molecule has 224 valence electrons. The Morgan fingerprint density at radius 2 is 1.85 bits per heavy atom. The normalized spacial score (nSPS) is 18.6. The maximum absolute atomic E-state index is 12.3. The molecule has 12 nitrogen and oxygen atoms in total. The van der Waals surface area contributed by atoms with Crippen LogP contribution in [0.2, 0.25) is 0 Å². The first-order valence-electron chi connectivity index (χ1n) is 13.9. The minimum Gasteiger partial charge on any atom is -0.508 e. The fourth-order valence-corrected chi connectivity index (χ4v) is 5.60. The molecule has 0 spiro atoms. The van der Waals surface area contributed by atoms with Crippen molar-refractivity contribution in [1.82, 2.24) is 15.5 Å². The minimum atomic E-state index is -3.57. The molecule has 2 fully saturated rings. The molecule has 1 amide bonds. The van der Waals surface area contributed by atoms with Gasteiger partial charge in [0.15, 0.2) is 0 Å². The zero-order valence-corrected chi connectivity index (χ0v) is 24.0. The van der Waals surface area contributed by atoms with Gasteiger partial charge in [-0.15, -0.1) is 0 Å². The highest BCUT2D eigenvalue weighted by molar-refractivity contribution is 7.92. The first kappa shape index (κ1) is 30.6. The Labute approximate surface area is 240 Å². The van der Waals surface area contributed by atoms with Gasteiger partial charge in [-0.1, -0.05) is 18.2 Å². The summed E-state index contributed by atoms with van der Waals surface area (Å²) in [6.07, 6.45) is 3.31. The van der Waals surface area contributed by atoms with Crippen LogP contribution in [0.4, 0.5) is 16.2 Å². The number of phenolic OH excluding ortho intramolecular Hbond substituents is 1. The largest absolute Gasteiger partial charge is 0.508 e. The zero-order chi connectivity index (χ0) is 29.4. The van der Waals surface area contributed by atoms with Gasteiger partial charge in [-0.3, -0.25) is 4.72 Å². The molecule has 2 aromatic carbocycles. The lowest BCUT2D eigenvalue weighted by molar-refractivity contribution is -0.140. The fourth-order valence-electron chi connectivity index (χ4n) is 5.02. The number of likely N-dealkylation sites (tertiary alicyclic amines) is 1. The SMILES string of the molecule is CS(=O)(=O)Nc1cc(O)ccc1[C@@H](O)CNCCc1ccc(NC2CCN(C(=O)OC(=O)[C@@H]3CCCN3)CC2)cc1. The number of nitrogens with one attached hydrogen (secondary N) is 4. The number of aliphatic hydroxyl groups is 1. The van der Waals surface area contributed by atoms with Gasteiger partial charge in [0.25, 0.3) is 0 Å². The van der Waals surface area contributed by atoms with Gasteiger partial charge in [0.2, 0.25) is 10.0 Å². The first-order chi connectivity index (χ1) is 19.6. The van der Waals surface area contributed by atoms with Crippen molar-refractivity contribution in [3.05, 3.63) is 53.6 Å². The highest BCUT2D eigenvalue weighted by Gasteiger charge is 2.29. The number of rotatable bonds is 11. The Kier molecular flexibility index (Phi) is 10.4. The van der Waals surface area contributed by atoms with Gasteiger partial charge in [-0.25, -0.2) is 18.0 Å². The molecule has 2 saturated heterocycles. The number of amides is 1. The molecule has 2 heterocycles. The Hall–Kier alpha value is -3.39. The van der Waals surface area contributed by atoms with E-state index < -0.39 is 28.2 Å². The van der Waals surface area contributed by atoms with E-state index in [1.807, 2.05) is 24.3 Å². The van der Waals surface area contributed by atoms with Crippen molar-refractivity contribution in [3.63, 3.8) is 0 Å². The van der Waals surface area contributed by atoms with E-state index in [1.54, 1.807) is 4.90 Å². The number of esters is 1. The molecule has 0 unspecified atom stereocenters. The van der Waals surface area contributed by atoms with Crippen LogP contribution in [0.25, 0.3) is 0 Å². The van der Waals surface area contributed by atoms with Crippen LogP contribution in [-0.2, 0) is 26.0 Å². The predicted octanol–water partition coefficient (Wildman–Crippen LogP) is 1.92. The molecule has 4 rings (SSSR count). The van der Waals surface area contributed by atoms with E-state index in [2.05, 4.69) is 20.7 Å². The Morgan fingerprint density at radius 1 is 1.12 bits per heavy atom. The Morgan fingerprint density at radius 3 is 2.51 bits per heavy atom. The van der Waals surface area contributed by atoms with Crippen LogP contribution < -0.4 is 20.7 Å². The number of anilines is 2. The summed E-state index contributed by atoms with van der Waals surface area (Å²) in [5.41, 5.74) is 2.61. The molecule has 2 atom stereocenters. The van der Waals surface area contributed by atoms with Gasteiger partial charge in [0.05, 0.1) is 18.0 Å². The third-order valence-electron chi connectivity index (χ3n) is 7.23. The Balaban J connectivity index is 1.16. The number of sulfonamides is 1. The number of aromatic hydroxyl groups is 1. The van der Waals surface area contributed by atoms with Gasteiger partial charge in [0.1, 0.15) is 11.8 Å². The number of ether oxygens (including phenoxy) is 1. The maximum atomic E-state index is 12.3. The maximum Gasteiger partial charge on any atom is 0.417 e. The van der Waals surface area contributed by atoms with Crippen molar-refractivity contribution in [2.24, 2.45) is 0 Å². The molecule has 41 heavy (non-hydrogen) atoms. The molecule has 13 heteroatoms. The molecular formula is C28H39N5O7S. The van der Waals surface area contributed by atoms with Gasteiger partial charge in [0, 0.05) is 43.0 Å². The third-order valence-corrected chi connectivity index (χ3v) is 7.82. The number of hydrogen-bond acceptors (Lipinski definition) is 10. The van der Waals surface area contributed by atoms with Crippen molar-refractivity contribution in [2.75, 3.05) is 49.0 Å². The van der Waals surface area contributed by atoms with Gasteiger partial charge >= 0.3 is 12.1 Å². The second kappa shape index (κ2) is 14.0. The number of phenols is 1. The number of nitrogens with zero attached hydrogens (tertiary/aromatic N) is 1. The van der Waals surface area contributed by atoms with Crippen molar-refractivity contribution in [2.45, 2.75) is 50.3 Å².